The first-order chi connectivity index (χ1) is 6.76. The Morgan fingerprint density at radius 1 is 1.71 bits per heavy atom. The fourth-order valence-corrected chi connectivity index (χ4v) is 1.91. The topological polar surface area (TPSA) is 75.1 Å². The molecule has 0 atom stereocenters. The number of aromatic nitrogens is 2. The van der Waals surface area contributed by atoms with E-state index in [4.69, 9.17) is 5.11 Å². The lowest BCUT2D eigenvalue weighted by Gasteiger charge is -2.40. The van der Waals surface area contributed by atoms with Crippen molar-refractivity contribution >= 4 is 17.6 Å². The number of aliphatic hydroxyl groups excluding tert-OH is 1. The van der Waals surface area contributed by atoms with Crippen molar-refractivity contribution in [1.29, 1.82) is 0 Å². The van der Waals surface area contributed by atoms with Gasteiger partial charge in [0.1, 0.15) is 0 Å². The summed E-state index contributed by atoms with van der Waals surface area (Å²) in [7, 11) is 0. The zero-order valence-electron chi connectivity index (χ0n) is 7.56. The van der Waals surface area contributed by atoms with Gasteiger partial charge < -0.3 is 10.4 Å². The molecule has 0 radical (unpaired) electrons. The monoisotopic (exact) mass is 213 g/mol. The number of nitrogens with one attached hydrogen (secondary N) is 1. The van der Waals surface area contributed by atoms with Gasteiger partial charge in [-0.3, -0.25) is 4.79 Å². The third-order valence-corrected chi connectivity index (χ3v) is 3.06. The number of nitrogens with zero attached hydrogens (tertiary/aromatic N) is 2. The quantitative estimate of drug-likeness (QED) is 0.751. The summed E-state index contributed by atoms with van der Waals surface area (Å²) in [6.45, 7) is -0.00366. The molecule has 5 nitrogen and oxygen atoms in total. The van der Waals surface area contributed by atoms with Gasteiger partial charge in [-0.15, -0.1) is 0 Å². The van der Waals surface area contributed by atoms with E-state index < -0.39 is 5.54 Å². The Balaban J connectivity index is 2.01. The van der Waals surface area contributed by atoms with Crippen LogP contribution < -0.4 is 5.32 Å². The van der Waals surface area contributed by atoms with E-state index in [0.29, 0.717) is 5.69 Å². The van der Waals surface area contributed by atoms with Crippen molar-refractivity contribution in [3.63, 3.8) is 0 Å². The van der Waals surface area contributed by atoms with E-state index in [9.17, 15) is 4.79 Å². The van der Waals surface area contributed by atoms with E-state index in [1.54, 1.807) is 0 Å². The fourth-order valence-electron chi connectivity index (χ4n) is 1.50. The van der Waals surface area contributed by atoms with E-state index >= 15 is 0 Å². The van der Waals surface area contributed by atoms with Crippen molar-refractivity contribution < 1.29 is 9.90 Å². The number of carbonyl (C=O) groups excluding carboxylic acids is 1. The van der Waals surface area contributed by atoms with E-state index in [0.717, 1.165) is 31.0 Å². The molecule has 0 spiro atoms. The van der Waals surface area contributed by atoms with E-state index in [1.165, 1.54) is 6.20 Å². The summed E-state index contributed by atoms with van der Waals surface area (Å²) in [6, 6.07) is 0. The minimum Gasteiger partial charge on any atom is -0.394 e. The van der Waals surface area contributed by atoms with Gasteiger partial charge in [-0.05, 0) is 19.3 Å². The summed E-state index contributed by atoms with van der Waals surface area (Å²) >= 11 is 1.00. The molecular weight excluding hydrogens is 202 g/mol. The molecule has 14 heavy (non-hydrogen) atoms. The Morgan fingerprint density at radius 3 is 2.93 bits per heavy atom. The summed E-state index contributed by atoms with van der Waals surface area (Å²) in [5.41, 5.74) is -0.0736. The molecule has 1 aromatic rings. The van der Waals surface area contributed by atoms with Gasteiger partial charge in [0, 0.05) is 0 Å². The maximum absolute atomic E-state index is 11.6. The first-order valence-electron chi connectivity index (χ1n) is 4.47. The lowest BCUT2D eigenvalue weighted by atomic mass is 9.77. The minimum atomic E-state index is -0.402. The van der Waals surface area contributed by atoms with Gasteiger partial charge in [-0.1, -0.05) is 0 Å². The number of rotatable bonds is 3. The van der Waals surface area contributed by atoms with Gasteiger partial charge in [0.2, 0.25) is 0 Å². The molecule has 0 aliphatic heterocycles. The summed E-state index contributed by atoms with van der Waals surface area (Å²) in [5, 5.41) is 11.9. The zero-order chi connectivity index (χ0) is 10.0. The minimum absolute atomic E-state index is 0.00366. The van der Waals surface area contributed by atoms with E-state index in [-0.39, 0.29) is 12.5 Å². The Kier molecular flexibility index (Phi) is 2.47. The predicted molar refractivity (Wildman–Crippen MR) is 51.0 cm³/mol. The van der Waals surface area contributed by atoms with E-state index in [2.05, 4.69) is 14.1 Å². The molecule has 1 heterocycles. The molecule has 1 amide bonds. The second kappa shape index (κ2) is 3.62. The maximum Gasteiger partial charge on any atom is 0.273 e. The average Bonchev–Trinajstić information content (AvgIpc) is 2.63. The van der Waals surface area contributed by atoms with Crippen molar-refractivity contribution in [2.24, 2.45) is 0 Å². The summed E-state index contributed by atoms with van der Waals surface area (Å²) in [5.74, 6) is -0.243. The van der Waals surface area contributed by atoms with Gasteiger partial charge >= 0.3 is 0 Å². The van der Waals surface area contributed by atoms with Crippen LogP contribution in [0.3, 0.4) is 0 Å². The van der Waals surface area contributed by atoms with Gasteiger partial charge in [0.15, 0.2) is 5.69 Å². The van der Waals surface area contributed by atoms with Gasteiger partial charge in [-0.25, -0.2) is 0 Å². The number of amides is 1. The molecule has 1 saturated carbocycles. The Hall–Kier alpha value is -1.01. The van der Waals surface area contributed by atoms with Crippen LogP contribution in [0, 0.1) is 0 Å². The molecule has 1 aliphatic rings. The number of hydrogen-bond donors (Lipinski definition) is 2. The van der Waals surface area contributed by atoms with Crippen LogP contribution in [0.15, 0.2) is 6.20 Å². The van der Waals surface area contributed by atoms with E-state index in [1.807, 2.05) is 0 Å². The average molecular weight is 213 g/mol. The Bertz CT molecular complexity index is 316. The molecule has 76 valence electrons. The Morgan fingerprint density at radius 2 is 2.50 bits per heavy atom. The molecule has 0 unspecified atom stereocenters. The highest BCUT2D eigenvalue weighted by atomic mass is 32.1. The third-order valence-electron chi connectivity index (χ3n) is 2.59. The number of carbonyl (C=O) groups is 1. The highest BCUT2D eigenvalue weighted by molar-refractivity contribution is 6.99. The second-order valence-corrected chi connectivity index (χ2v) is 4.10. The van der Waals surface area contributed by atoms with Crippen LogP contribution in [0.25, 0.3) is 0 Å². The standard InChI is InChI=1S/C8H11N3O2S/c12-5-8(2-1-3-8)10-7(13)6-4-9-14-11-6/h4,12H,1-3,5H2,(H,10,13). The van der Waals surface area contributed by atoms with Crippen LogP contribution in [0.1, 0.15) is 29.8 Å². The SMILES string of the molecule is O=C(NC1(CO)CCC1)c1cnsn1. The van der Waals surface area contributed by atoms with Crippen LogP contribution >= 0.6 is 11.7 Å². The molecule has 0 bridgehead atoms. The predicted octanol–water partition coefficient (Wildman–Crippen LogP) is 0.183. The maximum atomic E-state index is 11.6. The van der Waals surface area contributed by atoms with Gasteiger partial charge in [-0.2, -0.15) is 8.75 Å². The molecule has 1 aliphatic carbocycles. The summed E-state index contributed by atoms with van der Waals surface area (Å²) in [4.78, 5) is 11.6. The largest absolute Gasteiger partial charge is 0.394 e. The van der Waals surface area contributed by atoms with Crippen molar-refractivity contribution in [2.45, 2.75) is 24.8 Å². The van der Waals surface area contributed by atoms with Gasteiger partial charge in [0.05, 0.1) is 30.1 Å². The molecule has 2 N–H and O–H groups in total. The molecule has 0 aromatic carbocycles. The lowest BCUT2D eigenvalue weighted by Crippen LogP contribution is -2.56. The molecule has 1 aromatic heterocycles. The molecule has 6 heteroatoms. The van der Waals surface area contributed by atoms with Crippen LogP contribution in [0.5, 0.6) is 0 Å². The lowest BCUT2D eigenvalue weighted by molar-refractivity contribution is 0.0638. The fraction of sp³-hybridized carbons (Fsp3) is 0.625. The first kappa shape index (κ1) is 9.54. The van der Waals surface area contributed by atoms with Gasteiger partial charge in [0.25, 0.3) is 5.91 Å². The van der Waals surface area contributed by atoms with Crippen LogP contribution in [0.2, 0.25) is 0 Å². The summed E-state index contributed by atoms with van der Waals surface area (Å²) < 4.78 is 7.58. The van der Waals surface area contributed by atoms with Crippen LogP contribution in [-0.2, 0) is 0 Å². The first-order valence-corrected chi connectivity index (χ1v) is 5.20. The third kappa shape index (κ3) is 1.62. The molecule has 1 fully saturated rings. The Labute approximate surface area is 85.5 Å². The highest BCUT2D eigenvalue weighted by Gasteiger charge is 2.38. The number of hydrogen-bond acceptors (Lipinski definition) is 5. The molecule has 2 rings (SSSR count). The normalized spacial score (nSPS) is 18.6. The van der Waals surface area contributed by atoms with Crippen LogP contribution in [-0.4, -0.2) is 31.9 Å². The summed E-state index contributed by atoms with van der Waals surface area (Å²) in [6.07, 6.45) is 4.17. The number of aliphatic hydroxyl groups is 1. The van der Waals surface area contributed by atoms with Crippen molar-refractivity contribution in [3.8, 4) is 0 Å². The second-order valence-electron chi connectivity index (χ2n) is 3.54. The molecule has 0 saturated heterocycles. The molecular formula is C8H11N3O2S. The van der Waals surface area contributed by atoms with Crippen molar-refractivity contribution in [1.82, 2.24) is 14.1 Å². The zero-order valence-corrected chi connectivity index (χ0v) is 8.38. The van der Waals surface area contributed by atoms with Crippen molar-refractivity contribution in [2.75, 3.05) is 6.61 Å². The smallest absolute Gasteiger partial charge is 0.273 e. The van der Waals surface area contributed by atoms with Crippen molar-refractivity contribution in [3.05, 3.63) is 11.9 Å². The van der Waals surface area contributed by atoms with Crippen LogP contribution in [0.4, 0.5) is 0 Å². The highest BCUT2D eigenvalue weighted by Crippen LogP contribution is 2.31.